The van der Waals surface area contributed by atoms with E-state index in [2.05, 4.69) is 15.9 Å². The Hall–Kier alpha value is -0.780. The molecule has 1 N–H and O–H groups in total. The van der Waals surface area contributed by atoms with E-state index in [4.69, 9.17) is 5.11 Å². The predicted molar refractivity (Wildman–Crippen MR) is 70.0 cm³/mol. The standard InChI is InChI=1S/C10H6BrF2O3PS/c11-7-3-8-5(2-9(18-8)10(14)15)1-6(7)4-17(12,13)16/h1-3H,4H2,(H,14,15). The summed E-state index contributed by atoms with van der Waals surface area (Å²) < 4.78 is 36.8. The van der Waals surface area contributed by atoms with Crippen molar-refractivity contribution in [1.82, 2.24) is 0 Å². The Bertz CT molecular complexity index is 679. The first kappa shape index (κ1) is 13.6. The second-order valence-electron chi connectivity index (χ2n) is 3.63. The number of rotatable bonds is 3. The van der Waals surface area contributed by atoms with Crippen LogP contribution in [0.2, 0.25) is 0 Å². The predicted octanol–water partition coefficient (Wildman–Crippen LogP) is 4.99. The molecular formula is C10H6BrF2O3PS. The highest BCUT2D eigenvalue weighted by molar-refractivity contribution is 9.10. The van der Waals surface area contributed by atoms with Gasteiger partial charge in [0.05, 0.1) is 6.16 Å². The molecule has 1 aromatic carbocycles. The summed E-state index contributed by atoms with van der Waals surface area (Å²) in [7, 11) is -5.15. The first-order chi connectivity index (χ1) is 8.26. The summed E-state index contributed by atoms with van der Waals surface area (Å²) in [6.07, 6.45) is -0.818. The summed E-state index contributed by atoms with van der Waals surface area (Å²) >= 11 is 4.18. The maximum atomic E-state index is 12.6. The van der Waals surface area contributed by atoms with Crippen LogP contribution in [0.15, 0.2) is 22.7 Å². The van der Waals surface area contributed by atoms with Crippen molar-refractivity contribution in [3.8, 4) is 0 Å². The highest BCUT2D eigenvalue weighted by Crippen LogP contribution is 2.53. The molecule has 3 nitrogen and oxygen atoms in total. The van der Waals surface area contributed by atoms with Crippen LogP contribution in [-0.2, 0) is 10.7 Å². The largest absolute Gasteiger partial charge is 0.477 e. The topological polar surface area (TPSA) is 54.4 Å². The van der Waals surface area contributed by atoms with E-state index in [1.807, 2.05) is 0 Å². The van der Waals surface area contributed by atoms with Crippen LogP contribution in [0.3, 0.4) is 0 Å². The molecule has 0 fully saturated rings. The van der Waals surface area contributed by atoms with Crippen LogP contribution >= 0.6 is 35.0 Å². The minimum absolute atomic E-state index is 0.137. The van der Waals surface area contributed by atoms with Crippen molar-refractivity contribution < 1.29 is 22.9 Å². The van der Waals surface area contributed by atoms with Crippen molar-refractivity contribution in [2.75, 3.05) is 0 Å². The van der Waals surface area contributed by atoms with Gasteiger partial charge in [0.2, 0.25) is 0 Å². The third-order valence-corrected chi connectivity index (χ3v) is 4.78. The molecule has 0 aliphatic rings. The Labute approximate surface area is 113 Å². The number of carboxylic acids is 1. The van der Waals surface area contributed by atoms with Crippen molar-refractivity contribution in [2.45, 2.75) is 6.16 Å². The smallest absolute Gasteiger partial charge is 0.407 e. The quantitative estimate of drug-likeness (QED) is 0.789. The summed E-state index contributed by atoms with van der Waals surface area (Å²) in [6, 6.07) is 4.42. The third-order valence-electron chi connectivity index (χ3n) is 2.25. The van der Waals surface area contributed by atoms with Gasteiger partial charge in [-0.3, -0.25) is 0 Å². The van der Waals surface area contributed by atoms with Gasteiger partial charge in [-0.1, -0.05) is 15.9 Å². The van der Waals surface area contributed by atoms with Crippen LogP contribution in [-0.4, -0.2) is 11.1 Å². The molecule has 8 heteroatoms. The van der Waals surface area contributed by atoms with E-state index >= 15 is 0 Å². The maximum Gasteiger partial charge on any atom is 0.407 e. The first-order valence-electron chi connectivity index (χ1n) is 4.70. The second-order valence-corrected chi connectivity index (χ2v) is 7.02. The molecule has 0 unspecified atom stereocenters. The number of carbonyl (C=O) groups is 1. The average Bonchev–Trinajstić information content (AvgIpc) is 2.59. The van der Waals surface area contributed by atoms with Crippen LogP contribution in [0.4, 0.5) is 8.39 Å². The minimum atomic E-state index is -5.15. The molecule has 0 bridgehead atoms. The normalized spacial score (nSPS) is 11.9. The molecule has 96 valence electrons. The van der Waals surface area contributed by atoms with E-state index in [1.54, 1.807) is 6.07 Å². The number of hydrogen-bond donors (Lipinski definition) is 1. The molecule has 1 aromatic heterocycles. The zero-order chi connectivity index (χ0) is 13.5. The summed E-state index contributed by atoms with van der Waals surface area (Å²) in [5.74, 6) is -1.06. The Kier molecular flexibility index (Phi) is 3.58. The molecule has 0 spiro atoms. The molecule has 0 aliphatic carbocycles. The van der Waals surface area contributed by atoms with Gasteiger partial charge in [0.1, 0.15) is 4.88 Å². The lowest BCUT2D eigenvalue weighted by Crippen LogP contribution is -1.89. The summed E-state index contributed by atoms with van der Waals surface area (Å²) in [5, 5.41) is 9.40. The maximum absolute atomic E-state index is 12.6. The number of carboxylic acid groups (broad SMARTS) is 1. The van der Waals surface area contributed by atoms with E-state index in [9.17, 15) is 17.8 Å². The van der Waals surface area contributed by atoms with Crippen LogP contribution in [0, 0.1) is 0 Å². The molecule has 18 heavy (non-hydrogen) atoms. The summed E-state index contributed by atoms with van der Waals surface area (Å²) in [6.45, 7) is 0. The number of aromatic carboxylic acids is 1. The number of benzene rings is 1. The molecular weight excluding hydrogens is 349 g/mol. The third kappa shape index (κ3) is 2.96. The van der Waals surface area contributed by atoms with Gasteiger partial charge in [-0.15, -0.1) is 11.3 Å². The van der Waals surface area contributed by atoms with E-state index in [-0.39, 0.29) is 10.4 Å². The Balaban J connectivity index is 2.54. The van der Waals surface area contributed by atoms with Crippen molar-refractivity contribution in [2.24, 2.45) is 0 Å². The molecule has 2 rings (SSSR count). The van der Waals surface area contributed by atoms with E-state index in [1.165, 1.54) is 12.1 Å². The lowest BCUT2D eigenvalue weighted by atomic mass is 10.2. The van der Waals surface area contributed by atoms with Gasteiger partial charge in [0.25, 0.3) is 0 Å². The minimum Gasteiger partial charge on any atom is -0.477 e. The van der Waals surface area contributed by atoms with E-state index in [0.29, 0.717) is 14.6 Å². The van der Waals surface area contributed by atoms with Gasteiger partial charge >= 0.3 is 13.7 Å². The second kappa shape index (κ2) is 4.72. The zero-order valence-electron chi connectivity index (χ0n) is 8.69. The van der Waals surface area contributed by atoms with E-state index in [0.717, 1.165) is 11.3 Å². The van der Waals surface area contributed by atoms with Crippen molar-refractivity contribution in [3.63, 3.8) is 0 Å². The fourth-order valence-corrected chi connectivity index (χ4v) is 3.97. The number of thiophene rings is 1. The highest BCUT2D eigenvalue weighted by Gasteiger charge is 2.22. The van der Waals surface area contributed by atoms with Gasteiger partial charge in [0, 0.05) is 9.17 Å². The van der Waals surface area contributed by atoms with Gasteiger partial charge < -0.3 is 5.11 Å². The van der Waals surface area contributed by atoms with Crippen LogP contribution in [0.1, 0.15) is 15.2 Å². The Morgan fingerprint density at radius 1 is 1.39 bits per heavy atom. The van der Waals surface area contributed by atoms with Crippen LogP contribution in [0.5, 0.6) is 0 Å². The molecule has 0 amide bonds. The average molecular weight is 355 g/mol. The zero-order valence-corrected chi connectivity index (χ0v) is 12.0. The molecule has 0 aliphatic heterocycles. The van der Waals surface area contributed by atoms with Crippen LogP contribution in [0.25, 0.3) is 10.1 Å². The molecule has 0 atom stereocenters. The van der Waals surface area contributed by atoms with Gasteiger partial charge in [-0.2, -0.15) is 8.39 Å². The van der Waals surface area contributed by atoms with Crippen molar-refractivity contribution >= 4 is 51.1 Å². The monoisotopic (exact) mass is 354 g/mol. The Morgan fingerprint density at radius 2 is 2.06 bits per heavy atom. The van der Waals surface area contributed by atoms with Gasteiger partial charge in [-0.25, -0.2) is 9.36 Å². The van der Waals surface area contributed by atoms with Gasteiger partial charge in [-0.05, 0) is 29.1 Å². The lowest BCUT2D eigenvalue weighted by molar-refractivity contribution is 0.0702. The summed E-state index contributed by atoms with van der Waals surface area (Å²) in [5.41, 5.74) is 0.213. The SMILES string of the molecule is O=C(O)c1cc2cc(CP(=O)(F)F)c(Br)cc2s1. The van der Waals surface area contributed by atoms with Crippen molar-refractivity contribution in [3.05, 3.63) is 33.1 Å². The number of hydrogen-bond acceptors (Lipinski definition) is 3. The van der Waals surface area contributed by atoms with Crippen molar-refractivity contribution in [1.29, 1.82) is 0 Å². The fourth-order valence-electron chi connectivity index (χ4n) is 1.53. The highest BCUT2D eigenvalue weighted by atomic mass is 79.9. The molecule has 0 saturated carbocycles. The molecule has 2 aromatic rings. The fraction of sp³-hybridized carbons (Fsp3) is 0.100. The van der Waals surface area contributed by atoms with E-state index < -0.39 is 19.9 Å². The molecule has 0 saturated heterocycles. The number of halogens is 3. The lowest BCUT2D eigenvalue weighted by Gasteiger charge is -2.03. The Morgan fingerprint density at radius 3 is 2.61 bits per heavy atom. The van der Waals surface area contributed by atoms with Crippen LogP contribution < -0.4 is 0 Å². The van der Waals surface area contributed by atoms with Gasteiger partial charge in [0.15, 0.2) is 0 Å². The number of fused-ring (bicyclic) bond motifs is 1. The summed E-state index contributed by atoms with van der Waals surface area (Å²) in [4.78, 5) is 10.9. The molecule has 0 radical (unpaired) electrons. The molecule has 1 heterocycles. The first-order valence-corrected chi connectivity index (χ1v) is 7.98.